The minimum Gasteiger partial charge on any atom is -0.396 e. The summed E-state index contributed by atoms with van der Waals surface area (Å²) < 4.78 is 0.718. The van der Waals surface area contributed by atoms with E-state index < -0.39 is 0 Å². The standard InChI is InChI=1S/C7H9NOS2/c9-4-2-5-7(11)6(10)1-3-8-5/h1,3,9,11H,2,4H2,(H,8,10). The highest BCUT2D eigenvalue weighted by Gasteiger charge is 1.97. The summed E-state index contributed by atoms with van der Waals surface area (Å²) in [6.45, 7) is 0.114. The van der Waals surface area contributed by atoms with E-state index in [4.69, 9.17) is 17.3 Å². The van der Waals surface area contributed by atoms with Crippen LogP contribution in [-0.2, 0) is 6.42 Å². The molecule has 11 heavy (non-hydrogen) atoms. The predicted octanol–water partition coefficient (Wildman–Crippen LogP) is 1.57. The molecule has 0 aliphatic carbocycles. The smallest absolute Gasteiger partial charge is 0.0542 e. The summed E-state index contributed by atoms with van der Waals surface area (Å²) >= 11 is 9.18. The van der Waals surface area contributed by atoms with Crippen LogP contribution in [0.4, 0.5) is 0 Å². The quantitative estimate of drug-likeness (QED) is 0.485. The molecule has 0 spiro atoms. The van der Waals surface area contributed by atoms with Gasteiger partial charge in [0, 0.05) is 29.8 Å². The van der Waals surface area contributed by atoms with Crippen LogP contribution in [0.5, 0.6) is 0 Å². The molecule has 60 valence electrons. The maximum absolute atomic E-state index is 8.65. The number of aromatic amines is 1. The Morgan fingerprint density at radius 2 is 2.36 bits per heavy atom. The van der Waals surface area contributed by atoms with Crippen molar-refractivity contribution in [3.05, 3.63) is 22.5 Å². The second kappa shape index (κ2) is 3.90. The van der Waals surface area contributed by atoms with Gasteiger partial charge in [0.25, 0.3) is 0 Å². The maximum atomic E-state index is 8.65. The fourth-order valence-corrected chi connectivity index (χ4v) is 1.26. The van der Waals surface area contributed by atoms with E-state index in [-0.39, 0.29) is 6.61 Å². The molecule has 0 radical (unpaired) electrons. The van der Waals surface area contributed by atoms with Crippen molar-refractivity contribution in [3.8, 4) is 0 Å². The lowest BCUT2D eigenvalue weighted by molar-refractivity contribution is 0.297. The van der Waals surface area contributed by atoms with Gasteiger partial charge in [-0.2, -0.15) is 0 Å². The third-order valence-corrected chi connectivity index (χ3v) is 2.38. The van der Waals surface area contributed by atoms with E-state index in [0.29, 0.717) is 6.42 Å². The van der Waals surface area contributed by atoms with Crippen molar-refractivity contribution in [1.82, 2.24) is 4.98 Å². The molecule has 2 nitrogen and oxygen atoms in total. The number of aromatic nitrogens is 1. The summed E-state index contributed by atoms with van der Waals surface area (Å²) in [6.07, 6.45) is 2.33. The lowest BCUT2D eigenvalue weighted by atomic mass is 10.3. The van der Waals surface area contributed by atoms with Crippen LogP contribution in [0, 0.1) is 4.51 Å². The number of aliphatic hydroxyl groups excluding tert-OH is 1. The lowest BCUT2D eigenvalue weighted by Crippen LogP contribution is -1.95. The predicted molar refractivity (Wildman–Crippen MR) is 49.7 cm³/mol. The number of H-pyrrole nitrogens is 1. The number of pyridine rings is 1. The van der Waals surface area contributed by atoms with E-state index in [1.165, 1.54) is 0 Å². The summed E-state index contributed by atoms with van der Waals surface area (Å²) in [7, 11) is 0. The summed E-state index contributed by atoms with van der Waals surface area (Å²) in [5, 5.41) is 8.65. The van der Waals surface area contributed by atoms with E-state index in [2.05, 4.69) is 17.6 Å². The normalized spacial score (nSPS) is 10.0. The second-order valence-electron chi connectivity index (χ2n) is 2.14. The minimum absolute atomic E-state index is 0.114. The summed E-state index contributed by atoms with van der Waals surface area (Å²) in [5.41, 5.74) is 0.892. The van der Waals surface area contributed by atoms with Gasteiger partial charge in [-0.1, -0.05) is 12.2 Å². The molecular weight excluding hydrogens is 178 g/mol. The van der Waals surface area contributed by atoms with Crippen LogP contribution in [0.3, 0.4) is 0 Å². The van der Waals surface area contributed by atoms with Gasteiger partial charge in [-0.05, 0) is 6.07 Å². The number of rotatable bonds is 2. The van der Waals surface area contributed by atoms with Gasteiger partial charge in [0.2, 0.25) is 0 Å². The van der Waals surface area contributed by atoms with Crippen LogP contribution >= 0.6 is 24.8 Å². The molecule has 0 amide bonds. The van der Waals surface area contributed by atoms with Crippen LogP contribution in [0.25, 0.3) is 0 Å². The van der Waals surface area contributed by atoms with Crippen molar-refractivity contribution in [1.29, 1.82) is 0 Å². The first-order valence-electron chi connectivity index (χ1n) is 3.26. The molecule has 0 saturated carbocycles. The molecular formula is C7H9NOS2. The molecule has 0 atom stereocenters. The van der Waals surface area contributed by atoms with E-state index in [1.807, 2.05) is 0 Å². The second-order valence-corrected chi connectivity index (χ2v) is 3.03. The van der Waals surface area contributed by atoms with Gasteiger partial charge in [-0.3, -0.25) is 0 Å². The lowest BCUT2D eigenvalue weighted by Gasteiger charge is -2.01. The van der Waals surface area contributed by atoms with Gasteiger partial charge in [0.15, 0.2) is 0 Å². The van der Waals surface area contributed by atoms with Gasteiger partial charge >= 0.3 is 0 Å². The Hall–Kier alpha value is -0.320. The average molecular weight is 187 g/mol. The van der Waals surface area contributed by atoms with Crippen LogP contribution in [-0.4, -0.2) is 16.7 Å². The zero-order valence-electron chi connectivity index (χ0n) is 5.87. The molecule has 4 heteroatoms. The molecule has 0 bridgehead atoms. The molecule has 0 saturated heterocycles. The molecule has 1 aromatic rings. The molecule has 0 aliphatic rings. The first kappa shape index (κ1) is 8.77. The Balaban J connectivity index is 3.06. The number of aliphatic hydroxyl groups is 1. The van der Waals surface area contributed by atoms with E-state index in [0.717, 1.165) is 15.1 Å². The molecule has 2 N–H and O–H groups in total. The van der Waals surface area contributed by atoms with Gasteiger partial charge in [0.1, 0.15) is 0 Å². The number of hydrogen-bond acceptors (Lipinski definition) is 3. The Morgan fingerprint density at radius 1 is 1.64 bits per heavy atom. The minimum atomic E-state index is 0.114. The SMILES string of the molecule is OCCc1[nH]ccc(=S)c1S. The highest BCUT2D eigenvalue weighted by molar-refractivity contribution is 7.81. The van der Waals surface area contributed by atoms with Crippen molar-refractivity contribution in [2.75, 3.05) is 6.61 Å². The Bertz CT molecular complexity index is 295. The average Bonchev–Trinajstić information content (AvgIpc) is 1.99. The molecule has 1 heterocycles. The monoisotopic (exact) mass is 187 g/mol. The Labute approximate surface area is 75.7 Å². The maximum Gasteiger partial charge on any atom is 0.0542 e. The molecule has 1 rings (SSSR count). The first-order chi connectivity index (χ1) is 5.25. The number of nitrogens with one attached hydrogen (secondary N) is 1. The fraction of sp³-hybridized carbons (Fsp3) is 0.286. The van der Waals surface area contributed by atoms with E-state index >= 15 is 0 Å². The summed E-state index contributed by atoms with van der Waals surface area (Å²) in [6, 6.07) is 1.78. The molecule has 0 unspecified atom stereocenters. The first-order valence-corrected chi connectivity index (χ1v) is 4.11. The van der Waals surface area contributed by atoms with Crippen LogP contribution in [0.1, 0.15) is 5.69 Å². The number of thiol groups is 1. The van der Waals surface area contributed by atoms with Gasteiger partial charge < -0.3 is 10.1 Å². The van der Waals surface area contributed by atoms with Crippen LogP contribution < -0.4 is 0 Å². The number of hydrogen-bond donors (Lipinski definition) is 3. The molecule has 0 fully saturated rings. The van der Waals surface area contributed by atoms with Crippen LogP contribution in [0.15, 0.2) is 17.2 Å². The third-order valence-electron chi connectivity index (χ3n) is 1.37. The van der Waals surface area contributed by atoms with Crippen molar-refractivity contribution in [2.24, 2.45) is 0 Å². The van der Waals surface area contributed by atoms with Crippen molar-refractivity contribution in [2.45, 2.75) is 11.3 Å². The van der Waals surface area contributed by atoms with Gasteiger partial charge in [0.05, 0.1) is 4.51 Å². The molecule has 0 aromatic carbocycles. The van der Waals surface area contributed by atoms with E-state index in [1.54, 1.807) is 12.3 Å². The Kier molecular flexibility index (Phi) is 3.11. The zero-order valence-corrected chi connectivity index (χ0v) is 7.58. The van der Waals surface area contributed by atoms with Crippen molar-refractivity contribution >= 4 is 24.8 Å². The molecule has 0 aliphatic heterocycles. The van der Waals surface area contributed by atoms with Crippen molar-refractivity contribution in [3.63, 3.8) is 0 Å². The molecule has 1 aromatic heterocycles. The van der Waals surface area contributed by atoms with Crippen LogP contribution in [0.2, 0.25) is 0 Å². The largest absolute Gasteiger partial charge is 0.396 e. The van der Waals surface area contributed by atoms with Gasteiger partial charge in [-0.25, -0.2) is 0 Å². The highest BCUT2D eigenvalue weighted by Crippen LogP contribution is 2.12. The van der Waals surface area contributed by atoms with Crippen molar-refractivity contribution < 1.29 is 5.11 Å². The summed E-state index contributed by atoms with van der Waals surface area (Å²) in [4.78, 5) is 3.74. The Morgan fingerprint density at radius 3 is 3.00 bits per heavy atom. The fourth-order valence-electron chi connectivity index (χ4n) is 0.816. The topological polar surface area (TPSA) is 36.0 Å². The van der Waals surface area contributed by atoms with E-state index in [9.17, 15) is 0 Å². The highest BCUT2D eigenvalue weighted by atomic mass is 32.1. The summed E-state index contributed by atoms with van der Waals surface area (Å²) in [5.74, 6) is 0. The third kappa shape index (κ3) is 2.05. The zero-order chi connectivity index (χ0) is 8.27. The van der Waals surface area contributed by atoms with Gasteiger partial charge in [-0.15, -0.1) is 12.6 Å².